The molecule has 1 fully saturated rings. The fourth-order valence-corrected chi connectivity index (χ4v) is 2.63. The first-order valence-electron chi connectivity index (χ1n) is 6.93. The summed E-state index contributed by atoms with van der Waals surface area (Å²) in [5.41, 5.74) is 2.31. The van der Waals surface area contributed by atoms with Gasteiger partial charge in [0, 0.05) is 0 Å². The van der Waals surface area contributed by atoms with Gasteiger partial charge in [0.15, 0.2) is 0 Å². The van der Waals surface area contributed by atoms with E-state index in [0.717, 1.165) is 18.4 Å². The average Bonchev–Trinajstić information content (AvgIpc) is 2.87. The summed E-state index contributed by atoms with van der Waals surface area (Å²) in [6, 6.07) is 5.96. The van der Waals surface area contributed by atoms with Gasteiger partial charge in [-0.1, -0.05) is 18.2 Å². The van der Waals surface area contributed by atoms with Crippen molar-refractivity contribution in [1.82, 2.24) is 4.90 Å². The maximum atomic E-state index is 9.71. The quantitative estimate of drug-likeness (QED) is 0.778. The molecule has 1 heterocycles. The predicted octanol–water partition coefficient (Wildman–Crippen LogP) is 3.15. The molecule has 2 rings (SSSR count). The molecule has 1 N–H and O–H groups in total. The number of phenolic OH excluding ortho intramolecular Hbond substituents is 1. The Morgan fingerprint density at radius 2 is 2.06 bits per heavy atom. The minimum atomic E-state index is 0.387. The lowest BCUT2D eigenvalue weighted by atomic mass is 10.0. The van der Waals surface area contributed by atoms with Crippen LogP contribution in [0.1, 0.15) is 30.4 Å². The third-order valence-electron chi connectivity index (χ3n) is 3.65. The van der Waals surface area contributed by atoms with E-state index in [2.05, 4.69) is 17.5 Å². The lowest BCUT2D eigenvalue weighted by molar-refractivity contribution is 0.334. The monoisotopic (exact) mass is 245 g/mol. The van der Waals surface area contributed by atoms with Gasteiger partial charge >= 0.3 is 0 Å². The third kappa shape index (κ3) is 3.61. The van der Waals surface area contributed by atoms with Gasteiger partial charge in [0.1, 0.15) is 5.75 Å². The van der Waals surface area contributed by atoms with E-state index >= 15 is 0 Å². The molecule has 0 spiro atoms. The van der Waals surface area contributed by atoms with Crippen molar-refractivity contribution in [2.45, 2.75) is 32.1 Å². The molecule has 0 aromatic heterocycles. The maximum absolute atomic E-state index is 9.71. The summed E-state index contributed by atoms with van der Waals surface area (Å²) >= 11 is 0. The van der Waals surface area contributed by atoms with Crippen LogP contribution in [-0.4, -0.2) is 29.6 Å². The first-order valence-corrected chi connectivity index (χ1v) is 6.93. The molecule has 1 saturated heterocycles. The summed E-state index contributed by atoms with van der Waals surface area (Å²) in [7, 11) is 0. The number of rotatable bonds is 6. The van der Waals surface area contributed by atoms with Crippen LogP contribution in [0.5, 0.6) is 5.75 Å². The minimum absolute atomic E-state index is 0.387. The summed E-state index contributed by atoms with van der Waals surface area (Å²) < 4.78 is 0. The van der Waals surface area contributed by atoms with Crippen LogP contribution in [0, 0.1) is 0 Å². The fourth-order valence-electron chi connectivity index (χ4n) is 2.63. The van der Waals surface area contributed by atoms with Crippen LogP contribution in [0.25, 0.3) is 0 Å². The lowest BCUT2D eigenvalue weighted by Crippen LogP contribution is -2.20. The van der Waals surface area contributed by atoms with Gasteiger partial charge in [-0.15, -0.1) is 6.58 Å². The molecule has 1 aromatic carbocycles. The number of hydrogen-bond acceptors (Lipinski definition) is 2. The average molecular weight is 245 g/mol. The molecule has 1 aliphatic heterocycles. The highest BCUT2D eigenvalue weighted by atomic mass is 16.3. The summed E-state index contributed by atoms with van der Waals surface area (Å²) in [5.74, 6) is 0.387. The molecule has 1 aromatic rings. The largest absolute Gasteiger partial charge is 0.508 e. The smallest absolute Gasteiger partial charge is 0.119 e. The molecular formula is C16H23NO. The van der Waals surface area contributed by atoms with E-state index in [4.69, 9.17) is 0 Å². The summed E-state index contributed by atoms with van der Waals surface area (Å²) in [6.45, 7) is 7.48. The van der Waals surface area contributed by atoms with E-state index in [1.54, 1.807) is 0 Å². The van der Waals surface area contributed by atoms with Crippen molar-refractivity contribution in [2.24, 2.45) is 0 Å². The van der Waals surface area contributed by atoms with Gasteiger partial charge < -0.3 is 10.0 Å². The van der Waals surface area contributed by atoms with Crippen LogP contribution in [0.3, 0.4) is 0 Å². The highest BCUT2D eigenvalue weighted by Crippen LogP contribution is 2.20. The van der Waals surface area contributed by atoms with Crippen LogP contribution in [0.4, 0.5) is 0 Å². The van der Waals surface area contributed by atoms with E-state index in [0.29, 0.717) is 5.75 Å². The number of benzene rings is 1. The van der Waals surface area contributed by atoms with Crippen molar-refractivity contribution in [3.05, 3.63) is 42.0 Å². The predicted molar refractivity (Wildman–Crippen MR) is 76.0 cm³/mol. The van der Waals surface area contributed by atoms with Gasteiger partial charge in [0.2, 0.25) is 0 Å². The molecular weight excluding hydrogens is 222 g/mol. The van der Waals surface area contributed by atoms with Crippen LogP contribution >= 0.6 is 0 Å². The zero-order valence-electron chi connectivity index (χ0n) is 11.1. The Labute approximate surface area is 110 Å². The number of aryl methyl sites for hydroxylation is 1. The normalized spacial score (nSPS) is 16.0. The number of phenols is 1. The third-order valence-corrected chi connectivity index (χ3v) is 3.65. The Morgan fingerprint density at radius 3 is 2.78 bits per heavy atom. The maximum Gasteiger partial charge on any atom is 0.119 e. The molecule has 0 aliphatic carbocycles. The summed E-state index contributed by atoms with van der Waals surface area (Å²) in [4.78, 5) is 2.55. The molecule has 0 bridgehead atoms. The van der Waals surface area contributed by atoms with Crippen molar-refractivity contribution >= 4 is 0 Å². The van der Waals surface area contributed by atoms with Gasteiger partial charge in [-0.3, -0.25) is 0 Å². The lowest BCUT2D eigenvalue weighted by Gasteiger charge is -2.14. The second-order valence-electron chi connectivity index (χ2n) is 5.11. The summed E-state index contributed by atoms with van der Waals surface area (Å²) in [5, 5.41) is 9.71. The van der Waals surface area contributed by atoms with Crippen molar-refractivity contribution in [2.75, 3.05) is 19.6 Å². The van der Waals surface area contributed by atoms with Crippen LogP contribution in [0.2, 0.25) is 0 Å². The van der Waals surface area contributed by atoms with Crippen molar-refractivity contribution in [1.29, 1.82) is 0 Å². The van der Waals surface area contributed by atoms with Crippen LogP contribution in [-0.2, 0) is 12.8 Å². The highest BCUT2D eigenvalue weighted by molar-refractivity contribution is 5.37. The second-order valence-corrected chi connectivity index (χ2v) is 5.11. The Hall–Kier alpha value is -1.28. The molecule has 0 amide bonds. The molecule has 0 saturated carbocycles. The van der Waals surface area contributed by atoms with Gasteiger partial charge in [-0.2, -0.15) is 0 Å². The van der Waals surface area contributed by atoms with E-state index in [-0.39, 0.29) is 0 Å². The minimum Gasteiger partial charge on any atom is -0.508 e. The van der Waals surface area contributed by atoms with Crippen molar-refractivity contribution in [3.63, 3.8) is 0 Å². The Balaban J connectivity index is 1.84. The Kier molecular flexibility index (Phi) is 4.82. The van der Waals surface area contributed by atoms with Crippen LogP contribution in [0.15, 0.2) is 30.9 Å². The van der Waals surface area contributed by atoms with Gasteiger partial charge in [-0.25, -0.2) is 0 Å². The second kappa shape index (κ2) is 6.60. The molecule has 18 heavy (non-hydrogen) atoms. The van der Waals surface area contributed by atoms with Gasteiger partial charge in [-0.05, 0) is 68.9 Å². The van der Waals surface area contributed by atoms with Crippen molar-refractivity contribution < 1.29 is 5.11 Å². The first kappa shape index (κ1) is 13.2. The Morgan fingerprint density at radius 1 is 1.28 bits per heavy atom. The first-order chi connectivity index (χ1) is 8.79. The number of hydrogen-bond donors (Lipinski definition) is 1. The number of allylic oxidation sites excluding steroid dienone is 1. The van der Waals surface area contributed by atoms with E-state index in [1.165, 1.54) is 44.5 Å². The molecule has 1 aliphatic rings. The number of nitrogens with zero attached hydrogens (tertiary/aromatic N) is 1. The highest BCUT2D eigenvalue weighted by Gasteiger charge is 2.10. The van der Waals surface area contributed by atoms with Crippen LogP contribution < -0.4 is 0 Å². The zero-order chi connectivity index (χ0) is 12.8. The van der Waals surface area contributed by atoms with E-state index in [1.807, 2.05) is 18.2 Å². The topological polar surface area (TPSA) is 23.5 Å². The molecule has 0 radical (unpaired) electrons. The molecule has 2 heteroatoms. The summed E-state index contributed by atoms with van der Waals surface area (Å²) in [6.07, 6.45) is 7.61. The Bertz CT molecular complexity index is 394. The SMILES string of the molecule is C=CCc1cc(CCCN2CCCC2)ccc1O. The molecule has 0 unspecified atom stereocenters. The zero-order valence-corrected chi connectivity index (χ0v) is 11.1. The van der Waals surface area contributed by atoms with Gasteiger partial charge in [0.25, 0.3) is 0 Å². The standard InChI is InChI=1S/C16H23NO/c1-2-6-15-13-14(8-9-16(15)18)7-5-12-17-10-3-4-11-17/h2,8-9,13,18H,1,3-7,10-12H2. The van der Waals surface area contributed by atoms with E-state index in [9.17, 15) is 5.11 Å². The molecule has 0 atom stereocenters. The molecule has 2 nitrogen and oxygen atoms in total. The van der Waals surface area contributed by atoms with Gasteiger partial charge in [0.05, 0.1) is 0 Å². The van der Waals surface area contributed by atoms with Crippen molar-refractivity contribution in [3.8, 4) is 5.75 Å². The van der Waals surface area contributed by atoms with E-state index < -0.39 is 0 Å². The number of aromatic hydroxyl groups is 1. The molecule has 98 valence electrons. The fraction of sp³-hybridized carbons (Fsp3) is 0.500. The number of likely N-dealkylation sites (tertiary alicyclic amines) is 1.